The molecule has 17 heavy (non-hydrogen) atoms. The second-order valence-corrected chi connectivity index (χ2v) is 6.05. The van der Waals surface area contributed by atoms with E-state index in [4.69, 9.17) is 16.7 Å². The monoisotopic (exact) mass is 275 g/mol. The maximum atomic E-state index is 12.0. The molecule has 1 aliphatic heterocycles. The summed E-state index contributed by atoms with van der Waals surface area (Å²) in [7, 11) is -3.56. The Hall–Kier alpha value is -1.11. The normalized spacial score (nSPS) is 16.5. The second-order valence-electron chi connectivity index (χ2n) is 3.70. The van der Waals surface area contributed by atoms with Gasteiger partial charge in [-0.25, -0.2) is 13.2 Å². The molecule has 2 rings (SSSR count). The Balaban J connectivity index is 2.46. The highest BCUT2D eigenvalue weighted by molar-refractivity contribution is 7.89. The van der Waals surface area contributed by atoms with Crippen molar-refractivity contribution in [1.29, 1.82) is 0 Å². The quantitative estimate of drug-likeness (QED) is 0.906. The van der Waals surface area contributed by atoms with Crippen LogP contribution in [0.5, 0.6) is 0 Å². The predicted molar refractivity (Wildman–Crippen MR) is 61.8 cm³/mol. The molecule has 0 unspecified atom stereocenters. The van der Waals surface area contributed by atoms with Crippen LogP contribution in [-0.2, 0) is 10.0 Å². The van der Waals surface area contributed by atoms with Gasteiger partial charge in [-0.1, -0.05) is 11.6 Å². The molecule has 0 aliphatic carbocycles. The molecule has 1 fully saturated rings. The number of hydrogen-bond donors (Lipinski definition) is 1. The van der Waals surface area contributed by atoms with Gasteiger partial charge in [-0.05, 0) is 24.6 Å². The lowest BCUT2D eigenvalue weighted by Gasteiger charge is -2.29. The van der Waals surface area contributed by atoms with Crippen LogP contribution in [0.2, 0.25) is 5.02 Å². The lowest BCUT2D eigenvalue weighted by Crippen LogP contribution is -2.41. The van der Waals surface area contributed by atoms with Crippen molar-refractivity contribution in [2.75, 3.05) is 13.1 Å². The van der Waals surface area contributed by atoms with Crippen molar-refractivity contribution in [2.24, 2.45) is 0 Å². The molecule has 5 nitrogen and oxygen atoms in total. The average Bonchev–Trinajstić information content (AvgIpc) is 2.13. The van der Waals surface area contributed by atoms with Gasteiger partial charge in [0.05, 0.1) is 15.5 Å². The van der Waals surface area contributed by atoms with Crippen molar-refractivity contribution in [3.63, 3.8) is 0 Å². The van der Waals surface area contributed by atoms with Gasteiger partial charge in [0.2, 0.25) is 10.0 Å². The van der Waals surface area contributed by atoms with E-state index in [1.807, 2.05) is 0 Å². The number of nitrogens with zero attached hydrogens (tertiary/aromatic N) is 1. The zero-order valence-corrected chi connectivity index (χ0v) is 10.3. The molecular weight excluding hydrogens is 266 g/mol. The maximum absolute atomic E-state index is 12.0. The third kappa shape index (κ3) is 2.15. The van der Waals surface area contributed by atoms with Gasteiger partial charge in [-0.3, -0.25) is 0 Å². The largest absolute Gasteiger partial charge is 0.478 e. The number of sulfonamides is 1. The van der Waals surface area contributed by atoms with E-state index < -0.39 is 16.0 Å². The molecule has 1 aliphatic rings. The lowest BCUT2D eigenvalue weighted by molar-refractivity contribution is 0.0697. The van der Waals surface area contributed by atoms with Gasteiger partial charge in [0.25, 0.3) is 0 Å². The van der Waals surface area contributed by atoms with Crippen molar-refractivity contribution < 1.29 is 18.3 Å². The Morgan fingerprint density at radius 3 is 2.47 bits per heavy atom. The summed E-state index contributed by atoms with van der Waals surface area (Å²) in [6.45, 7) is 0.959. The Morgan fingerprint density at radius 2 is 2.00 bits per heavy atom. The minimum Gasteiger partial charge on any atom is -0.478 e. The number of carboxylic acid groups (broad SMARTS) is 1. The summed E-state index contributed by atoms with van der Waals surface area (Å²) in [6.07, 6.45) is 0.832. The second kappa shape index (κ2) is 4.29. The van der Waals surface area contributed by atoms with Crippen LogP contribution >= 0.6 is 11.6 Å². The Bertz CT molecular complexity index is 566. The lowest BCUT2D eigenvalue weighted by atomic mass is 10.2. The van der Waals surface area contributed by atoms with Gasteiger partial charge in [-0.2, -0.15) is 4.31 Å². The Labute approximate surface area is 104 Å². The van der Waals surface area contributed by atoms with Crippen molar-refractivity contribution in [2.45, 2.75) is 11.3 Å². The van der Waals surface area contributed by atoms with Gasteiger partial charge in [0.15, 0.2) is 0 Å². The highest BCUT2D eigenvalue weighted by atomic mass is 35.5. The van der Waals surface area contributed by atoms with Crippen molar-refractivity contribution in [3.05, 3.63) is 28.8 Å². The molecule has 1 aromatic rings. The van der Waals surface area contributed by atoms with E-state index in [2.05, 4.69) is 0 Å². The first kappa shape index (κ1) is 12.3. The molecule has 92 valence electrons. The topological polar surface area (TPSA) is 74.7 Å². The standard InChI is InChI=1S/C10H10ClNO4S/c11-9-3-2-7(6-8(9)10(13)14)17(15,16)12-4-1-5-12/h2-3,6H,1,4-5H2,(H,13,14). The minimum atomic E-state index is -3.56. The first-order valence-electron chi connectivity index (χ1n) is 4.96. The first-order valence-corrected chi connectivity index (χ1v) is 6.78. The fourth-order valence-electron chi connectivity index (χ4n) is 1.51. The van der Waals surface area contributed by atoms with Gasteiger partial charge >= 0.3 is 5.97 Å². The molecular formula is C10H10ClNO4S. The molecule has 0 saturated carbocycles. The average molecular weight is 276 g/mol. The van der Waals surface area contributed by atoms with E-state index in [1.54, 1.807) is 0 Å². The van der Waals surface area contributed by atoms with Crippen molar-refractivity contribution in [3.8, 4) is 0 Å². The number of halogens is 1. The fourth-order valence-corrected chi connectivity index (χ4v) is 3.25. The number of benzene rings is 1. The molecule has 0 atom stereocenters. The molecule has 0 amide bonds. The summed E-state index contributed by atoms with van der Waals surface area (Å²) in [5.41, 5.74) is -0.201. The van der Waals surface area contributed by atoms with Crippen LogP contribution in [-0.4, -0.2) is 36.9 Å². The predicted octanol–water partition coefficient (Wildman–Crippen LogP) is 1.43. The van der Waals surface area contributed by atoms with Gasteiger partial charge in [0.1, 0.15) is 0 Å². The van der Waals surface area contributed by atoms with Crippen LogP contribution in [0.15, 0.2) is 23.1 Å². The van der Waals surface area contributed by atoms with E-state index in [-0.39, 0.29) is 15.5 Å². The summed E-state index contributed by atoms with van der Waals surface area (Å²) in [5, 5.41) is 8.90. The fraction of sp³-hybridized carbons (Fsp3) is 0.300. The molecule has 0 aromatic heterocycles. The molecule has 1 N–H and O–H groups in total. The summed E-state index contributed by atoms with van der Waals surface area (Å²) in [4.78, 5) is 10.8. The zero-order valence-electron chi connectivity index (χ0n) is 8.76. The molecule has 1 saturated heterocycles. The van der Waals surface area contributed by atoms with E-state index in [9.17, 15) is 13.2 Å². The summed E-state index contributed by atoms with van der Waals surface area (Å²) in [5.74, 6) is -1.24. The van der Waals surface area contributed by atoms with Crippen LogP contribution in [0.25, 0.3) is 0 Å². The van der Waals surface area contributed by atoms with Gasteiger partial charge in [-0.15, -0.1) is 0 Å². The summed E-state index contributed by atoms with van der Waals surface area (Å²) in [6, 6.07) is 3.71. The third-order valence-corrected chi connectivity index (χ3v) is 4.85. The van der Waals surface area contributed by atoms with Crippen LogP contribution in [0.4, 0.5) is 0 Å². The zero-order chi connectivity index (χ0) is 12.6. The Kier molecular flexibility index (Phi) is 3.11. The SMILES string of the molecule is O=C(O)c1cc(S(=O)(=O)N2CCC2)ccc1Cl. The first-order chi connectivity index (χ1) is 7.93. The van der Waals surface area contributed by atoms with E-state index >= 15 is 0 Å². The van der Waals surface area contributed by atoms with E-state index in [0.717, 1.165) is 12.5 Å². The summed E-state index contributed by atoms with van der Waals surface area (Å²) >= 11 is 5.68. The van der Waals surface area contributed by atoms with Crippen molar-refractivity contribution >= 4 is 27.6 Å². The Morgan fingerprint density at radius 1 is 1.35 bits per heavy atom. The molecule has 1 heterocycles. The van der Waals surface area contributed by atoms with Crippen LogP contribution in [0.1, 0.15) is 16.8 Å². The molecule has 0 spiro atoms. The van der Waals surface area contributed by atoms with Crippen molar-refractivity contribution in [1.82, 2.24) is 4.31 Å². The number of carbonyl (C=O) groups is 1. The molecule has 0 bridgehead atoms. The van der Waals surface area contributed by atoms with E-state index in [1.165, 1.54) is 16.4 Å². The molecule has 1 aromatic carbocycles. The van der Waals surface area contributed by atoms with Crippen LogP contribution in [0.3, 0.4) is 0 Å². The molecule has 0 radical (unpaired) electrons. The maximum Gasteiger partial charge on any atom is 0.337 e. The number of aromatic carboxylic acids is 1. The third-order valence-electron chi connectivity index (χ3n) is 2.62. The number of hydrogen-bond acceptors (Lipinski definition) is 3. The van der Waals surface area contributed by atoms with Crippen LogP contribution in [0, 0.1) is 0 Å². The van der Waals surface area contributed by atoms with E-state index in [0.29, 0.717) is 13.1 Å². The highest BCUT2D eigenvalue weighted by Gasteiger charge is 2.30. The van der Waals surface area contributed by atoms with Crippen LogP contribution < -0.4 is 0 Å². The smallest absolute Gasteiger partial charge is 0.337 e. The molecule has 7 heteroatoms. The number of rotatable bonds is 3. The summed E-state index contributed by atoms with van der Waals surface area (Å²) < 4.78 is 25.3. The van der Waals surface area contributed by atoms with Gasteiger partial charge < -0.3 is 5.11 Å². The van der Waals surface area contributed by atoms with Gasteiger partial charge in [0, 0.05) is 13.1 Å². The minimum absolute atomic E-state index is 0.0278. The highest BCUT2D eigenvalue weighted by Crippen LogP contribution is 2.25. The number of carboxylic acids is 1.